The second-order valence-corrected chi connectivity index (χ2v) is 10.2. The molecule has 3 aromatic carbocycles. The van der Waals surface area contributed by atoms with E-state index in [0.29, 0.717) is 23.6 Å². The van der Waals surface area contributed by atoms with Gasteiger partial charge in [-0.05, 0) is 53.1 Å². The second kappa shape index (κ2) is 11.6. The highest BCUT2D eigenvalue weighted by molar-refractivity contribution is 8.18. The number of amides is 3. The van der Waals surface area contributed by atoms with Crippen molar-refractivity contribution in [2.45, 2.75) is 13.0 Å². The Morgan fingerprint density at radius 3 is 2.19 bits per heavy atom. The van der Waals surface area contributed by atoms with Gasteiger partial charge in [-0.1, -0.05) is 72.8 Å². The molecule has 0 atom stereocenters. The molecule has 0 unspecified atom stereocenters. The smallest absolute Gasteiger partial charge is 0.293 e. The predicted octanol–water partition coefficient (Wildman–Crippen LogP) is 4.92. The number of benzene rings is 3. The van der Waals surface area contributed by atoms with Crippen LogP contribution in [0, 0.1) is 0 Å². The fraction of sp³-hybridized carbons (Fsp3) is 0.233. The van der Waals surface area contributed by atoms with E-state index in [0.717, 1.165) is 48.9 Å². The number of hydrogen-bond acceptors (Lipinski definition) is 5. The summed E-state index contributed by atoms with van der Waals surface area (Å²) >= 11 is 0.939. The second-order valence-electron chi connectivity index (χ2n) is 9.25. The van der Waals surface area contributed by atoms with Crippen LogP contribution in [-0.4, -0.2) is 64.5 Å². The van der Waals surface area contributed by atoms with E-state index in [1.165, 1.54) is 10.5 Å². The van der Waals surface area contributed by atoms with E-state index in [1.54, 1.807) is 12.1 Å². The predicted molar refractivity (Wildman–Crippen MR) is 147 cm³/mol. The molecule has 3 aromatic rings. The summed E-state index contributed by atoms with van der Waals surface area (Å²) in [4.78, 5) is 44.5. The number of rotatable bonds is 7. The van der Waals surface area contributed by atoms with Crippen LogP contribution in [0.4, 0.5) is 4.79 Å². The zero-order valence-corrected chi connectivity index (χ0v) is 21.4. The maximum Gasteiger partial charge on any atom is 0.293 e. The first-order chi connectivity index (χ1) is 18.1. The molecular formula is C30H29N3O3S. The summed E-state index contributed by atoms with van der Waals surface area (Å²) < 4.78 is 0. The molecule has 3 amide bonds. The summed E-state index contributed by atoms with van der Waals surface area (Å²) in [6, 6.07) is 27.2. The first-order valence-electron chi connectivity index (χ1n) is 12.5. The molecule has 2 aliphatic heterocycles. The van der Waals surface area contributed by atoms with Gasteiger partial charge in [-0.25, -0.2) is 0 Å². The minimum absolute atomic E-state index is 0.00450. The number of thioether (sulfide) groups is 1. The van der Waals surface area contributed by atoms with Gasteiger partial charge in [0.15, 0.2) is 0 Å². The van der Waals surface area contributed by atoms with Gasteiger partial charge in [0.1, 0.15) is 0 Å². The average Bonchev–Trinajstić information content (AvgIpc) is 3.20. The molecule has 0 radical (unpaired) electrons. The highest BCUT2D eigenvalue weighted by Crippen LogP contribution is 2.33. The van der Waals surface area contributed by atoms with Crippen LogP contribution in [0.3, 0.4) is 0 Å². The van der Waals surface area contributed by atoms with Gasteiger partial charge in [-0.2, -0.15) is 0 Å². The minimum atomic E-state index is -0.304. The lowest BCUT2D eigenvalue weighted by molar-refractivity contribution is -0.123. The summed E-state index contributed by atoms with van der Waals surface area (Å²) in [5, 5.41) is -0.280. The van der Waals surface area contributed by atoms with Crippen molar-refractivity contribution in [3.63, 3.8) is 0 Å². The standard InChI is InChI=1S/C30H29N3O3S/c34-28(32-18-16-31(17-19-32)15-14-23-8-3-1-4-9-23)26-13-7-12-25(20-26)21-27-29(35)33(30(36)37-27)22-24-10-5-2-6-11-24/h1-13,20-21H,14-19,22H2/b27-21-. The third-order valence-corrected chi connectivity index (χ3v) is 7.61. The van der Waals surface area contributed by atoms with E-state index < -0.39 is 0 Å². The van der Waals surface area contributed by atoms with Gasteiger partial charge in [0.2, 0.25) is 0 Å². The van der Waals surface area contributed by atoms with Crippen LogP contribution in [0.25, 0.3) is 6.08 Å². The van der Waals surface area contributed by atoms with E-state index >= 15 is 0 Å². The molecule has 5 rings (SSSR count). The van der Waals surface area contributed by atoms with Crippen molar-refractivity contribution in [3.8, 4) is 0 Å². The van der Waals surface area contributed by atoms with Crippen LogP contribution in [0.5, 0.6) is 0 Å². The van der Waals surface area contributed by atoms with Gasteiger partial charge in [0.05, 0.1) is 11.4 Å². The minimum Gasteiger partial charge on any atom is -0.336 e. The van der Waals surface area contributed by atoms with Crippen molar-refractivity contribution in [1.82, 2.24) is 14.7 Å². The van der Waals surface area contributed by atoms with E-state index in [9.17, 15) is 14.4 Å². The lowest BCUT2D eigenvalue weighted by Crippen LogP contribution is -2.49. The lowest BCUT2D eigenvalue weighted by atomic mass is 10.1. The highest BCUT2D eigenvalue weighted by atomic mass is 32.2. The van der Waals surface area contributed by atoms with E-state index in [2.05, 4.69) is 29.2 Å². The third kappa shape index (κ3) is 6.18. The maximum atomic E-state index is 13.2. The first-order valence-corrected chi connectivity index (χ1v) is 13.3. The molecule has 0 N–H and O–H groups in total. The Labute approximate surface area is 221 Å². The van der Waals surface area contributed by atoms with E-state index in [4.69, 9.17) is 0 Å². The molecule has 6 nitrogen and oxygen atoms in total. The molecule has 0 aliphatic carbocycles. The maximum absolute atomic E-state index is 13.2. The largest absolute Gasteiger partial charge is 0.336 e. The van der Waals surface area contributed by atoms with Crippen molar-refractivity contribution in [3.05, 3.63) is 112 Å². The molecule has 0 saturated carbocycles. The average molecular weight is 512 g/mol. The van der Waals surface area contributed by atoms with Crippen LogP contribution in [-0.2, 0) is 17.8 Å². The van der Waals surface area contributed by atoms with Crippen LogP contribution in [0.15, 0.2) is 89.8 Å². The van der Waals surface area contributed by atoms with Crippen molar-refractivity contribution >= 4 is 34.9 Å². The summed E-state index contributed by atoms with van der Waals surface area (Å²) in [6.07, 6.45) is 2.71. The molecule has 7 heteroatoms. The zero-order valence-electron chi connectivity index (χ0n) is 20.6. The quantitative estimate of drug-likeness (QED) is 0.421. The Hall–Kier alpha value is -3.68. The number of hydrogen-bond donors (Lipinski definition) is 0. The van der Waals surface area contributed by atoms with Gasteiger partial charge < -0.3 is 4.90 Å². The molecule has 37 heavy (non-hydrogen) atoms. The van der Waals surface area contributed by atoms with Crippen LogP contribution in [0.1, 0.15) is 27.0 Å². The van der Waals surface area contributed by atoms with Gasteiger partial charge in [0, 0.05) is 38.3 Å². The molecule has 0 spiro atoms. The summed E-state index contributed by atoms with van der Waals surface area (Å²) in [5.74, 6) is -0.308. The summed E-state index contributed by atoms with van der Waals surface area (Å²) in [5.41, 5.74) is 3.56. The number of carbonyl (C=O) groups excluding carboxylic acids is 3. The molecule has 2 heterocycles. The monoisotopic (exact) mass is 511 g/mol. The Balaban J connectivity index is 1.19. The van der Waals surface area contributed by atoms with Gasteiger partial charge in [-0.15, -0.1) is 0 Å². The molecule has 0 bridgehead atoms. The number of imide groups is 1. The van der Waals surface area contributed by atoms with Crippen molar-refractivity contribution in [1.29, 1.82) is 0 Å². The molecular weight excluding hydrogens is 482 g/mol. The fourth-order valence-corrected chi connectivity index (χ4v) is 5.44. The molecule has 2 fully saturated rings. The highest BCUT2D eigenvalue weighted by Gasteiger charge is 2.35. The topological polar surface area (TPSA) is 60.9 Å². The SMILES string of the molecule is O=C(c1cccc(/C=C2\SC(=O)N(Cc3ccccc3)C2=O)c1)N1CCN(CCc2ccccc2)CC1. The van der Waals surface area contributed by atoms with Crippen molar-refractivity contribution in [2.75, 3.05) is 32.7 Å². The Bertz CT molecular complexity index is 1300. The first kappa shape index (κ1) is 25.0. The molecule has 0 aromatic heterocycles. The van der Waals surface area contributed by atoms with Crippen molar-refractivity contribution in [2.24, 2.45) is 0 Å². The van der Waals surface area contributed by atoms with Gasteiger partial charge in [-0.3, -0.25) is 24.2 Å². The number of piperazine rings is 1. The van der Waals surface area contributed by atoms with E-state index in [1.807, 2.05) is 59.5 Å². The molecule has 188 valence electrons. The summed E-state index contributed by atoms with van der Waals surface area (Å²) in [6.45, 7) is 4.32. The zero-order chi connectivity index (χ0) is 25.6. The van der Waals surface area contributed by atoms with Gasteiger partial charge >= 0.3 is 0 Å². The normalized spacial score (nSPS) is 17.6. The van der Waals surface area contributed by atoms with Gasteiger partial charge in [0.25, 0.3) is 17.1 Å². The van der Waals surface area contributed by atoms with Crippen LogP contribution in [0.2, 0.25) is 0 Å². The Morgan fingerprint density at radius 2 is 1.49 bits per heavy atom. The number of nitrogens with zero attached hydrogens (tertiary/aromatic N) is 3. The van der Waals surface area contributed by atoms with Crippen LogP contribution >= 0.6 is 11.8 Å². The molecule has 2 aliphatic rings. The third-order valence-electron chi connectivity index (χ3n) is 6.71. The molecule has 2 saturated heterocycles. The van der Waals surface area contributed by atoms with Crippen molar-refractivity contribution < 1.29 is 14.4 Å². The Kier molecular flexibility index (Phi) is 7.82. The van der Waals surface area contributed by atoms with Crippen LogP contribution < -0.4 is 0 Å². The Morgan fingerprint density at radius 1 is 0.811 bits per heavy atom. The fourth-order valence-electron chi connectivity index (χ4n) is 4.60. The number of carbonyl (C=O) groups is 3. The lowest BCUT2D eigenvalue weighted by Gasteiger charge is -2.34. The van der Waals surface area contributed by atoms with E-state index in [-0.39, 0.29) is 23.6 Å². The summed E-state index contributed by atoms with van der Waals surface area (Å²) in [7, 11) is 0.